The Morgan fingerprint density at radius 2 is 1.95 bits per heavy atom. The Hall–Kier alpha value is -1.00. The zero-order valence-corrected chi connectivity index (χ0v) is 12.8. The highest BCUT2D eigenvalue weighted by molar-refractivity contribution is 7.81. The Labute approximate surface area is 127 Å². The molecule has 20 heavy (non-hydrogen) atoms. The standard InChI is InChI=1S/C16H24N2OS/c19-16(15(20)13-14-7-2-1-3-8-14)17-9-6-12-18-10-4-5-11-18/h1-3,7-8,15,20H,4-6,9-13H2,(H,17,19). The molecule has 2 rings (SSSR count). The van der Waals surface area contributed by atoms with Crippen LogP contribution in [0.15, 0.2) is 30.3 Å². The van der Waals surface area contributed by atoms with E-state index in [0.717, 1.165) is 25.1 Å². The maximum Gasteiger partial charge on any atom is 0.233 e. The number of amides is 1. The molecule has 0 aliphatic carbocycles. The summed E-state index contributed by atoms with van der Waals surface area (Å²) in [7, 11) is 0. The molecule has 1 atom stereocenters. The normalized spacial score (nSPS) is 17.1. The highest BCUT2D eigenvalue weighted by Gasteiger charge is 2.14. The fraction of sp³-hybridized carbons (Fsp3) is 0.562. The van der Waals surface area contributed by atoms with E-state index in [9.17, 15) is 4.79 Å². The van der Waals surface area contributed by atoms with Crippen LogP contribution in [0.2, 0.25) is 0 Å². The second-order valence-corrected chi connectivity index (χ2v) is 6.02. The summed E-state index contributed by atoms with van der Waals surface area (Å²) in [6, 6.07) is 10.0. The molecule has 1 unspecified atom stereocenters. The summed E-state index contributed by atoms with van der Waals surface area (Å²) in [5, 5.41) is 2.72. The van der Waals surface area contributed by atoms with Crippen LogP contribution >= 0.6 is 12.6 Å². The van der Waals surface area contributed by atoms with Gasteiger partial charge in [-0.3, -0.25) is 4.79 Å². The van der Waals surface area contributed by atoms with Gasteiger partial charge in [-0.15, -0.1) is 0 Å². The smallest absolute Gasteiger partial charge is 0.233 e. The third kappa shape index (κ3) is 5.17. The number of hydrogen-bond donors (Lipinski definition) is 2. The second-order valence-electron chi connectivity index (χ2n) is 5.40. The van der Waals surface area contributed by atoms with E-state index in [-0.39, 0.29) is 11.2 Å². The van der Waals surface area contributed by atoms with E-state index in [4.69, 9.17) is 0 Å². The topological polar surface area (TPSA) is 32.3 Å². The largest absolute Gasteiger partial charge is 0.355 e. The SMILES string of the molecule is O=C(NCCCN1CCCC1)C(S)Cc1ccccc1. The van der Waals surface area contributed by atoms with Crippen LogP contribution in [0.5, 0.6) is 0 Å². The molecule has 1 aromatic rings. The van der Waals surface area contributed by atoms with E-state index >= 15 is 0 Å². The molecular weight excluding hydrogens is 268 g/mol. The third-order valence-electron chi connectivity index (χ3n) is 3.72. The Morgan fingerprint density at radius 1 is 1.25 bits per heavy atom. The van der Waals surface area contributed by atoms with Crippen LogP contribution in [0.4, 0.5) is 0 Å². The summed E-state index contributed by atoms with van der Waals surface area (Å²) >= 11 is 4.40. The molecule has 1 fully saturated rings. The van der Waals surface area contributed by atoms with Crippen molar-refractivity contribution < 1.29 is 4.79 Å². The van der Waals surface area contributed by atoms with E-state index in [1.165, 1.54) is 25.9 Å². The van der Waals surface area contributed by atoms with Crippen molar-refractivity contribution in [2.75, 3.05) is 26.2 Å². The van der Waals surface area contributed by atoms with E-state index in [0.29, 0.717) is 6.42 Å². The lowest BCUT2D eigenvalue weighted by Gasteiger charge is -2.15. The predicted octanol–water partition coefficient (Wildman–Crippen LogP) is 2.13. The van der Waals surface area contributed by atoms with Crippen molar-refractivity contribution >= 4 is 18.5 Å². The van der Waals surface area contributed by atoms with Gasteiger partial charge in [0.1, 0.15) is 0 Å². The van der Waals surface area contributed by atoms with Gasteiger partial charge in [0.25, 0.3) is 0 Å². The molecule has 0 radical (unpaired) electrons. The number of nitrogens with zero attached hydrogens (tertiary/aromatic N) is 1. The number of thiol groups is 1. The maximum absolute atomic E-state index is 11.9. The van der Waals surface area contributed by atoms with Crippen LogP contribution in [-0.4, -0.2) is 42.2 Å². The molecule has 1 aliphatic rings. The Bertz CT molecular complexity index is 404. The molecule has 0 aromatic heterocycles. The maximum atomic E-state index is 11.9. The van der Waals surface area contributed by atoms with Gasteiger partial charge in [0, 0.05) is 6.54 Å². The zero-order valence-electron chi connectivity index (χ0n) is 11.9. The minimum Gasteiger partial charge on any atom is -0.355 e. The average Bonchev–Trinajstić information content (AvgIpc) is 2.97. The molecule has 1 aliphatic heterocycles. The summed E-state index contributed by atoms with van der Waals surface area (Å²) in [5.41, 5.74) is 1.15. The highest BCUT2D eigenvalue weighted by Crippen LogP contribution is 2.08. The molecule has 110 valence electrons. The molecule has 4 heteroatoms. The molecule has 1 N–H and O–H groups in total. The lowest BCUT2D eigenvalue weighted by atomic mass is 10.1. The number of rotatable bonds is 7. The quantitative estimate of drug-likeness (QED) is 0.596. The first-order chi connectivity index (χ1) is 9.75. The van der Waals surface area contributed by atoms with Gasteiger partial charge in [-0.25, -0.2) is 0 Å². The number of benzene rings is 1. The van der Waals surface area contributed by atoms with Crippen molar-refractivity contribution in [1.82, 2.24) is 10.2 Å². The molecule has 0 spiro atoms. The number of nitrogens with one attached hydrogen (secondary N) is 1. The molecule has 1 amide bonds. The molecule has 0 bridgehead atoms. The van der Waals surface area contributed by atoms with Crippen LogP contribution in [0, 0.1) is 0 Å². The number of carbonyl (C=O) groups is 1. The summed E-state index contributed by atoms with van der Waals surface area (Å²) in [6.07, 6.45) is 4.35. The second kappa shape index (κ2) is 8.32. The van der Waals surface area contributed by atoms with Gasteiger partial charge in [-0.05, 0) is 50.9 Å². The van der Waals surface area contributed by atoms with E-state index < -0.39 is 0 Å². The fourth-order valence-electron chi connectivity index (χ4n) is 2.57. The Kier molecular flexibility index (Phi) is 6.40. The van der Waals surface area contributed by atoms with E-state index in [1.807, 2.05) is 30.3 Å². The first-order valence-corrected chi connectivity index (χ1v) is 7.99. The van der Waals surface area contributed by atoms with Crippen molar-refractivity contribution in [2.24, 2.45) is 0 Å². The van der Waals surface area contributed by atoms with Crippen molar-refractivity contribution in [1.29, 1.82) is 0 Å². The van der Waals surface area contributed by atoms with Crippen LogP contribution in [0.25, 0.3) is 0 Å². The number of carbonyl (C=O) groups excluding carboxylic acids is 1. The van der Waals surface area contributed by atoms with Gasteiger partial charge >= 0.3 is 0 Å². The number of hydrogen-bond acceptors (Lipinski definition) is 3. The number of likely N-dealkylation sites (tertiary alicyclic amines) is 1. The summed E-state index contributed by atoms with van der Waals surface area (Å²) in [5.74, 6) is 0.0404. The lowest BCUT2D eigenvalue weighted by molar-refractivity contribution is -0.120. The molecule has 1 aromatic carbocycles. The molecule has 1 heterocycles. The molecule has 1 saturated heterocycles. The predicted molar refractivity (Wildman–Crippen MR) is 86.2 cm³/mol. The molecule has 3 nitrogen and oxygen atoms in total. The lowest BCUT2D eigenvalue weighted by Crippen LogP contribution is -2.34. The third-order valence-corrected chi connectivity index (χ3v) is 4.14. The first kappa shape index (κ1) is 15.4. The monoisotopic (exact) mass is 292 g/mol. The van der Waals surface area contributed by atoms with Crippen molar-refractivity contribution in [3.8, 4) is 0 Å². The van der Waals surface area contributed by atoms with Crippen LogP contribution in [-0.2, 0) is 11.2 Å². The summed E-state index contributed by atoms with van der Waals surface area (Å²) in [6.45, 7) is 4.28. The Balaban J connectivity index is 1.61. The Morgan fingerprint density at radius 3 is 2.65 bits per heavy atom. The van der Waals surface area contributed by atoms with E-state index in [1.54, 1.807) is 0 Å². The van der Waals surface area contributed by atoms with Gasteiger partial charge in [0.15, 0.2) is 0 Å². The molecular formula is C16H24N2OS. The summed E-state index contributed by atoms with van der Waals surface area (Å²) in [4.78, 5) is 14.4. The van der Waals surface area contributed by atoms with Crippen molar-refractivity contribution in [3.63, 3.8) is 0 Å². The fourth-order valence-corrected chi connectivity index (χ4v) is 2.87. The molecule has 0 saturated carbocycles. The highest BCUT2D eigenvalue weighted by atomic mass is 32.1. The minimum atomic E-state index is -0.260. The average molecular weight is 292 g/mol. The van der Waals surface area contributed by atoms with E-state index in [2.05, 4.69) is 22.8 Å². The first-order valence-electron chi connectivity index (χ1n) is 7.48. The van der Waals surface area contributed by atoms with Crippen molar-refractivity contribution in [3.05, 3.63) is 35.9 Å². The minimum absolute atomic E-state index is 0.0404. The van der Waals surface area contributed by atoms with Gasteiger partial charge in [-0.1, -0.05) is 30.3 Å². The van der Waals surface area contributed by atoms with Crippen LogP contribution in [0.1, 0.15) is 24.8 Å². The summed E-state index contributed by atoms with van der Waals surface area (Å²) < 4.78 is 0. The van der Waals surface area contributed by atoms with Gasteiger partial charge in [0.05, 0.1) is 5.25 Å². The zero-order chi connectivity index (χ0) is 14.2. The van der Waals surface area contributed by atoms with Gasteiger partial charge in [0.2, 0.25) is 5.91 Å². The van der Waals surface area contributed by atoms with Crippen molar-refractivity contribution in [2.45, 2.75) is 30.9 Å². The van der Waals surface area contributed by atoms with Gasteiger partial charge in [-0.2, -0.15) is 12.6 Å². The van der Waals surface area contributed by atoms with Gasteiger partial charge < -0.3 is 10.2 Å². The van der Waals surface area contributed by atoms with Crippen LogP contribution < -0.4 is 5.32 Å². The van der Waals surface area contributed by atoms with Crippen LogP contribution in [0.3, 0.4) is 0 Å².